The van der Waals surface area contributed by atoms with Gasteiger partial charge in [0.15, 0.2) is 0 Å². The quantitative estimate of drug-likeness (QED) is 0.765. The number of piperidine rings is 1. The van der Waals surface area contributed by atoms with Crippen molar-refractivity contribution in [3.05, 3.63) is 0 Å². The molecular weight excluding hydrogens is 361 g/mol. The Balaban J connectivity index is 0.00000156. The van der Waals surface area contributed by atoms with Crippen molar-refractivity contribution < 1.29 is 9.53 Å². The predicted molar refractivity (Wildman–Crippen MR) is 106 cm³/mol. The van der Waals surface area contributed by atoms with Gasteiger partial charge in [0.05, 0.1) is 12.2 Å². The number of carbonyl (C=O) groups is 1. The summed E-state index contributed by atoms with van der Waals surface area (Å²) in [6.45, 7) is 13.4. The van der Waals surface area contributed by atoms with Crippen LogP contribution in [0.5, 0.6) is 0 Å². The van der Waals surface area contributed by atoms with Gasteiger partial charge in [-0.3, -0.25) is 9.69 Å². The van der Waals surface area contributed by atoms with Crippen molar-refractivity contribution >= 4 is 30.7 Å². The molecule has 0 radical (unpaired) electrons. The van der Waals surface area contributed by atoms with Crippen LogP contribution in [0.1, 0.15) is 47.0 Å². The average Bonchev–Trinajstić information content (AvgIpc) is 3.18. The fourth-order valence-corrected chi connectivity index (χ4v) is 4.41. The van der Waals surface area contributed by atoms with E-state index in [9.17, 15) is 4.79 Å². The number of halogens is 2. The summed E-state index contributed by atoms with van der Waals surface area (Å²) in [6, 6.07) is 0. The van der Waals surface area contributed by atoms with Crippen molar-refractivity contribution in [3.8, 4) is 0 Å². The Bertz CT molecular complexity index is 446. The maximum Gasteiger partial charge on any atom is 0.223 e. The third kappa shape index (κ3) is 5.23. The van der Waals surface area contributed by atoms with E-state index in [-0.39, 0.29) is 54.4 Å². The molecule has 0 aromatic carbocycles. The smallest absolute Gasteiger partial charge is 0.223 e. The summed E-state index contributed by atoms with van der Waals surface area (Å²) >= 11 is 0. The molecule has 3 atom stereocenters. The van der Waals surface area contributed by atoms with Crippen LogP contribution in [0, 0.1) is 11.3 Å². The normalized spacial score (nSPS) is 31.6. The molecule has 3 unspecified atom stereocenters. The summed E-state index contributed by atoms with van der Waals surface area (Å²) in [6.07, 6.45) is 3.93. The molecule has 2 heterocycles. The van der Waals surface area contributed by atoms with Crippen LogP contribution in [0.25, 0.3) is 0 Å². The van der Waals surface area contributed by atoms with E-state index in [0.717, 1.165) is 52.0 Å². The third-order valence-electron chi connectivity index (χ3n) is 6.08. The van der Waals surface area contributed by atoms with Crippen molar-refractivity contribution in [1.29, 1.82) is 0 Å². The summed E-state index contributed by atoms with van der Waals surface area (Å²) < 4.78 is 5.83. The van der Waals surface area contributed by atoms with Crippen molar-refractivity contribution in [1.82, 2.24) is 15.5 Å². The predicted octanol–water partition coefficient (Wildman–Crippen LogP) is 2.22. The Morgan fingerprint density at radius 3 is 2.32 bits per heavy atom. The Kier molecular flexibility index (Phi) is 8.04. The van der Waals surface area contributed by atoms with Gasteiger partial charge in [-0.05, 0) is 65.5 Å². The molecule has 25 heavy (non-hydrogen) atoms. The molecule has 1 amide bonds. The van der Waals surface area contributed by atoms with E-state index in [1.54, 1.807) is 0 Å². The lowest BCUT2D eigenvalue weighted by atomic mass is 9.91. The second-order valence-corrected chi connectivity index (χ2v) is 8.56. The van der Waals surface area contributed by atoms with E-state index in [2.05, 4.69) is 43.2 Å². The monoisotopic (exact) mass is 395 g/mol. The van der Waals surface area contributed by atoms with Gasteiger partial charge in [-0.1, -0.05) is 0 Å². The van der Waals surface area contributed by atoms with E-state index in [1.165, 1.54) is 0 Å². The molecule has 5 nitrogen and oxygen atoms in total. The van der Waals surface area contributed by atoms with Gasteiger partial charge in [0, 0.05) is 31.1 Å². The number of ether oxygens (including phenoxy) is 1. The minimum atomic E-state index is -0.0296. The minimum Gasteiger partial charge on any atom is -0.373 e. The summed E-state index contributed by atoms with van der Waals surface area (Å²) in [5.74, 6) is 0.525. The minimum absolute atomic E-state index is 0. The zero-order chi connectivity index (χ0) is 16.7. The largest absolute Gasteiger partial charge is 0.373 e. The summed E-state index contributed by atoms with van der Waals surface area (Å²) in [7, 11) is 0. The number of hydrogen-bond donors (Lipinski definition) is 2. The van der Waals surface area contributed by atoms with Crippen molar-refractivity contribution in [2.24, 2.45) is 11.3 Å². The molecule has 3 rings (SSSR count). The van der Waals surface area contributed by atoms with Gasteiger partial charge in [-0.25, -0.2) is 0 Å². The van der Waals surface area contributed by atoms with Crippen LogP contribution in [0.2, 0.25) is 0 Å². The number of amides is 1. The molecule has 3 aliphatic rings. The number of nitrogens with one attached hydrogen (secondary N) is 2. The van der Waals surface area contributed by atoms with E-state index in [0.29, 0.717) is 5.41 Å². The molecule has 2 saturated heterocycles. The molecule has 1 spiro atoms. The maximum absolute atomic E-state index is 12.6. The van der Waals surface area contributed by atoms with Gasteiger partial charge < -0.3 is 15.4 Å². The molecule has 7 heteroatoms. The molecule has 3 fully saturated rings. The number of carbonyl (C=O) groups excluding carboxylic acids is 1. The zero-order valence-electron chi connectivity index (χ0n) is 16.0. The van der Waals surface area contributed by atoms with Gasteiger partial charge >= 0.3 is 0 Å². The van der Waals surface area contributed by atoms with E-state index >= 15 is 0 Å². The third-order valence-corrected chi connectivity index (χ3v) is 6.08. The Labute approximate surface area is 164 Å². The van der Waals surface area contributed by atoms with Crippen LogP contribution < -0.4 is 10.6 Å². The molecular formula is C18H35Cl2N3O2. The molecule has 2 N–H and O–H groups in total. The highest BCUT2D eigenvalue weighted by atomic mass is 35.5. The van der Waals surface area contributed by atoms with Crippen LogP contribution in [0.3, 0.4) is 0 Å². The van der Waals surface area contributed by atoms with Gasteiger partial charge in [0.1, 0.15) is 0 Å². The lowest BCUT2D eigenvalue weighted by molar-refractivity contribution is -0.125. The topological polar surface area (TPSA) is 53.6 Å². The number of nitrogens with zero attached hydrogens (tertiary/aromatic N) is 1. The molecule has 148 valence electrons. The van der Waals surface area contributed by atoms with Crippen LogP contribution >= 0.6 is 24.8 Å². The summed E-state index contributed by atoms with van der Waals surface area (Å²) in [5, 5.41) is 6.64. The van der Waals surface area contributed by atoms with Crippen LogP contribution in [-0.2, 0) is 9.53 Å². The van der Waals surface area contributed by atoms with Crippen LogP contribution in [-0.4, -0.2) is 61.3 Å². The lowest BCUT2D eigenvalue weighted by Crippen LogP contribution is -2.58. The number of morpholine rings is 1. The molecule has 0 aromatic rings. The second-order valence-electron chi connectivity index (χ2n) is 8.56. The fraction of sp³-hybridized carbons (Fsp3) is 0.944. The number of hydrogen-bond acceptors (Lipinski definition) is 4. The summed E-state index contributed by atoms with van der Waals surface area (Å²) in [5.41, 5.74) is 0.291. The van der Waals surface area contributed by atoms with E-state index in [1.807, 2.05) is 0 Å². The fourth-order valence-electron chi connectivity index (χ4n) is 4.41. The average molecular weight is 396 g/mol. The Morgan fingerprint density at radius 1 is 1.20 bits per heavy atom. The lowest BCUT2D eigenvalue weighted by Gasteiger charge is -2.45. The molecule has 0 aromatic heterocycles. The summed E-state index contributed by atoms with van der Waals surface area (Å²) in [4.78, 5) is 15.0. The van der Waals surface area contributed by atoms with Gasteiger partial charge in [-0.2, -0.15) is 0 Å². The SMILES string of the molecule is CC1CN(C(C)(C)CNC(=O)C2CC23CCNCC3)CC(C)O1.Cl.Cl. The van der Waals surface area contributed by atoms with Crippen LogP contribution in [0.15, 0.2) is 0 Å². The molecule has 1 aliphatic carbocycles. The Hall–Kier alpha value is -0.0700. The first-order chi connectivity index (χ1) is 10.8. The van der Waals surface area contributed by atoms with Gasteiger partial charge in [-0.15, -0.1) is 24.8 Å². The van der Waals surface area contributed by atoms with E-state index < -0.39 is 0 Å². The molecule has 2 aliphatic heterocycles. The molecule has 0 bridgehead atoms. The van der Waals surface area contributed by atoms with Gasteiger partial charge in [0.2, 0.25) is 5.91 Å². The van der Waals surface area contributed by atoms with Gasteiger partial charge in [0.25, 0.3) is 0 Å². The first-order valence-electron chi connectivity index (χ1n) is 9.21. The van der Waals surface area contributed by atoms with Crippen molar-refractivity contribution in [3.63, 3.8) is 0 Å². The first-order valence-corrected chi connectivity index (χ1v) is 9.21. The Morgan fingerprint density at radius 2 is 1.76 bits per heavy atom. The standard InChI is InChI=1S/C18H33N3O2.2ClH/c1-13-10-21(11-14(2)23-13)17(3,4)12-20-16(22)15-9-18(15)5-7-19-8-6-18;;/h13-15,19H,5-12H2,1-4H3,(H,20,22);2*1H. The second kappa shape index (κ2) is 8.75. The maximum atomic E-state index is 12.6. The molecule has 1 saturated carbocycles. The van der Waals surface area contributed by atoms with E-state index in [4.69, 9.17) is 4.74 Å². The highest BCUT2D eigenvalue weighted by Gasteiger charge is 2.57. The zero-order valence-corrected chi connectivity index (χ0v) is 17.6. The van der Waals surface area contributed by atoms with Crippen molar-refractivity contribution in [2.45, 2.75) is 64.7 Å². The van der Waals surface area contributed by atoms with Crippen molar-refractivity contribution in [2.75, 3.05) is 32.7 Å². The number of rotatable bonds is 4. The first kappa shape index (κ1) is 23.0. The highest BCUT2D eigenvalue weighted by molar-refractivity contribution is 5.85. The van der Waals surface area contributed by atoms with Crippen LogP contribution in [0.4, 0.5) is 0 Å². The highest BCUT2D eigenvalue weighted by Crippen LogP contribution is 2.58.